The molecule has 0 saturated carbocycles. The highest BCUT2D eigenvalue weighted by Crippen LogP contribution is 2.29. The van der Waals surface area contributed by atoms with Gasteiger partial charge >= 0.3 is 0 Å². The fraction of sp³-hybridized carbons (Fsp3) is 0.684. The summed E-state index contributed by atoms with van der Waals surface area (Å²) in [6, 6.07) is 15.0. The SMILES string of the molecule is CCCC[Si](CCCC)(CCc1ccccc1)OCCC. The minimum atomic E-state index is -1.54. The molecule has 2 heteroatoms. The van der Waals surface area contributed by atoms with Crippen molar-refractivity contribution in [2.24, 2.45) is 0 Å². The van der Waals surface area contributed by atoms with Gasteiger partial charge in [-0.05, 0) is 36.5 Å². The largest absolute Gasteiger partial charge is 0.417 e. The second-order valence-corrected chi connectivity index (χ2v) is 10.4. The van der Waals surface area contributed by atoms with E-state index in [2.05, 4.69) is 51.1 Å². The van der Waals surface area contributed by atoms with Crippen LogP contribution in [0.1, 0.15) is 58.4 Å². The van der Waals surface area contributed by atoms with Gasteiger partial charge in [0.2, 0.25) is 0 Å². The Kier molecular flexibility index (Phi) is 9.69. The van der Waals surface area contributed by atoms with Crippen LogP contribution in [0.2, 0.25) is 18.1 Å². The first-order valence-corrected chi connectivity index (χ1v) is 11.5. The van der Waals surface area contributed by atoms with Crippen LogP contribution in [0.15, 0.2) is 30.3 Å². The molecule has 0 aromatic heterocycles. The lowest BCUT2D eigenvalue weighted by Crippen LogP contribution is -2.39. The molecule has 1 aromatic carbocycles. The Morgan fingerprint density at radius 3 is 1.95 bits per heavy atom. The quantitative estimate of drug-likeness (QED) is 0.418. The first-order chi connectivity index (χ1) is 10.3. The summed E-state index contributed by atoms with van der Waals surface area (Å²) < 4.78 is 6.54. The fourth-order valence-corrected chi connectivity index (χ4v) is 7.49. The normalized spacial score (nSPS) is 11.8. The molecule has 0 amide bonds. The van der Waals surface area contributed by atoms with Crippen molar-refractivity contribution >= 4 is 8.32 Å². The number of hydrogen-bond donors (Lipinski definition) is 0. The molecular weight excluding hydrogens is 272 g/mol. The van der Waals surface area contributed by atoms with Gasteiger partial charge in [0.1, 0.15) is 0 Å². The van der Waals surface area contributed by atoms with Crippen LogP contribution in [0.4, 0.5) is 0 Å². The van der Waals surface area contributed by atoms with Gasteiger partial charge in [-0.2, -0.15) is 0 Å². The molecule has 21 heavy (non-hydrogen) atoms. The zero-order valence-electron chi connectivity index (χ0n) is 14.4. The third-order valence-corrected chi connectivity index (χ3v) is 8.80. The maximum Gasteiger partial charge on any atom is 0.193 e. The van der Waals surface area contributed by atoms with Crippen molar-refractivity contribution in [1.29, 1.82) is 0 Å². The van der Waals surface area contributed by atoms with Gasteiger partial charge in [0.15, 0.2) is 8.32 Å². The van der Waals surface area contributed by atoms with Gasteiger partial charge in [0.05, 0.1) is 0 Å². The lowest BCUT2D eigenvalue weighted by Gasteiger charge is -2.32. The van der Waals surface area contributed by atoms with Crippen LogP contribution in [0, 0.1) is 0 Å². The Hall–Kier alpha value is -0.603. The molecule has 0 spiro atoms. The van der Waals surface area contributed by atoms with E-state index in [1.54, 1.807) is 0 Å². The van der Waals surface area contributed by atoms with Gasteiger partial charge in [-0.3, -0.25) is 0 Å². The minimum absolute atomic E-state index is 0.967. The predicted octanol–water partition coefficient (Wildman–Crippen LogP) is 6.20. The maximum atomic E-state index is 6.54. The van der Waals surface area contributed by atoms with E-state index in [0.717, 1.165) is 13.0 Å². The van der Waals surface area contributed by atoms with Crippen molar-refractivity contribution in [1.82, 2.24) is 0 Å². The van der Waals surface area contributed by atoms with Crippen molar-refractivity contribution in [3.63, 3.8) is 0 Å². The molecule has 0 N–H and O–H groups in total. The van der Waals surface area contributed by atoms with Crippen LogP contribution in [0.3, 0.4) is 0 Å². The Balaban J connectivity index is 2.69. The van der Waals surface area contributed by atoms with Crippen molar-refractivity contribution in [3.8, 4) is 0 Å². The molecule has 0 fully saturated rings. The first kappa shape index (κ1) is 18.4. The van der Waals surface area contributed by atoms with Crippen molar-refractivity contribution in [2.75, 3.05) is 6.61 Å². The molecule has 0 saturated heterocycles. The summed E-state index contributed by atoms with van der Waals surface area (Å²) in [5.74, 6) is 0. The molecule has 0 aliphatic carbocycles. The molecule has 0 atom stereocenters. The summed E-state index contributed by atoms with van der Waals surface area (Å²) in [4.78, 5) is 0. The number of hydrogen-bond acceptors (Lipinski definition) is 1. The molecule has 1 nitrogen and oxygen atoms in total. The molecule has 0 unspecified atom stereocenters. The van der Waals surface area contributed by atoms with E-state index in [1.165, 1.54) is 55.8 Å². The smallest absolute Gasteiger partial charge is 0.193 e. The van der Waals surface area contributed by atoms with Gasteiger partial charge in [0.25, 0.3) is 0 Å². The predicted molar refractivity (Wildman–Crippen MR) is 96.4 cm³/mol. The summed E-state index contributed by atoms with van der Waals surface area (Å²) in [6.07, 6.45) is 7.62. The van der Waals surface area contributed by atoms with E-state index in [4.69, 9.17) is 4.43 Å². The van der Waals surface area contributed by atoms with Crippen molar-refractivity contribution in [3.05, 3.63) is 35.9 Å². The van der Waals surface area contributed by atoms with Crippen molar-refractivity contribution in [2.45, 2.75) is 77.4 Å². The third kappa shape index (κ3) is 7.28. The molecule has 0 aliphatic rings. The summed E-state index contributed by atoms with van der Waals surface area (Å²) in [7, 11) is -1.54. The summed E-state index contributed by atoms with van der Waals surface area (Å²) in [5.41, 5.74) is 1.47. The van der Waals surface area contributed by atoms with E-state index in [-0.39, 0.29) is 0 Å². The summed E-state index contributed by atoms with van der Waals surface area (Å²) >= 11 is 0. The molecular formula is C19H34OSi. The molecule has 1 aromatic rings. The number of rotatable bonds is 12. The molecule has 0 bridgehead atoms. The number of benzene rings is 1. The average Bonchev–Trinajstić information content (AvgIpc) is 2.54. The number of aryl methyl sites for hydroxylation is 1. The summed E-state index contributed by atoms with van der Waals surface area (Å²) in [6.45, 7) is 7.80. The monoisotopic (exact) mass is 306 g/mol. The van der Waals surface area contributed by atoms with Crippen LogP contribution < -0.4 is 0 Å². The second kappa shape index (κ2) is 11.0. The van der Waals surface area contributed by atoms with Gasteiger partial charge in [-0.1, -0.05) is 76.8 Å². The standard InChI is InChI=1S/C19H34OSi/c1-4-7-16-21(17-8-5-2,20-15-6-3)18-14-19-12-10-9-11-13-19/h9-13H,4-8,14-18H2,1-3H3. The van der Waals surface area contributed by atoms with Crippen LogP contribution >= 0.6 is 0 Å². The van der Waals surface area contributed by atoms with Crippen LogP contribution in [-0.2, 0) is 10.8 Å². The van der Waals surface area contributed by atoms with Crippen LogP contribution in [-0.4, -0.2) is 14.9 Å². The zero-order chi connectivity index (χ0) is 15.4. The Labute approximate surface area is 133 Å². The molecule has 0 radical (unpaired) electrons. The molecule has 0 aliphatic heterocycles. The average molecular weight is 307 g/mol. The second-order valence-electron chi connectivity index (χ2n) is 6.22. The highest BCUT2D eigenvalue weighted by atomic mass is 28.4. The van der Waals surface area contributed by atoms with Gasteiger partial charge in [-0.15, -0.1) is 0 Å². The van der Waals surface area contributed by atoms with E-state index in [9.17, 15) is 0 Å². The van der Waals surface area contributed by atoms with Gasteiger partial charge < -0.3 is 4.43 Å². The topological polar surface area (TPSA) is 9.23 Å². The van der Waals surface area contributed by atoms with E-state index in [0.29, 0.717) is 0 Å². The highest BCUT2D eigenvalue weighted by Gasteiger charge is 2.33. The van der Waals surface area contributed by atoms with Crippen molar-refractivity contribution < 1.29 is 4.43 Å². The third-order valence-electron chi connectivity index (χ3n) is 4.30. The van der Waals surface area contributed by atoms with E-state index < -0.39 is 8.32 Å². The Morgan fingerprint density at radius 2 is 1.43 bits per heavy atom. The Bertz CT molecular complexity index is 328. The van der Waals surface area contributed by atoms with E-state index >= 15 is 0 Å². The number of unbranched alkanes of at least 4 members (excludes halogenated alkanes) is 2. The van der Waals surface area contributed by atoms with Gasteiger partial charge in [0, 0.05) is 6.61 Å². The van der Waals surface area contributed by atoms with E-state index in [1.807, 2.05) is 0 Å². The maximum absolute atomic E-state index is 6.54. The Morgan fingerprint density at radius 1 is 0.810 bits per heavy atom. The molecule has 0 heterocycles. The van der Waals surface area contributed by atoms with Gasteiger partial charge in [-0.25, -0.2) is 0 Å². The molecule has 1 rings (SSSR count). The zero-order valence-corrected chi connectivity index (χ0v) is 15.4. The lowest BCUT2D eigenvalue weighted by atomic mass is 10.2. The summed E-state index contributed by atoms with van der Waals surface area (Å²) in [5, 5.41) is 0. The fourth-order valence-electron chi connectivity index (χ4n) is 2.92. The minimum Gasteiger partial charge on any atom is -0.417 e. The lowest BCUT2D eigenvalue weighted by molar-refractivity contribution is 0.294. The molecule has 120 valence electrons. The highest BCUT2D eigenvalue weighted by molar-refractivity contribution is 6.73. The van der Waals surface area contributed by atoms with Crippen LogP contribution in [0.25, 0.3) is 0 Å². The van der Waals surface area contributed by atoms with Crippen LogP contribution in [0.5, 0.6) is 0 Å². The first-order valence-electron chi connectivity index (χ1n) is 8.94.